The SMILES string of the molecule is COc1ccc(C(=O)[C@@H](C)OC(=O)[C@@H]2CC(=O)N(c3ccc([N+](=O)[O-])cc3)C2)cc1. The van der Waals surface area contributed by atoms with Crippen LogP contribution in [-0.2, 0) is 14.3 Å². The third-order valence-corrected chi connectivity index (χ3v) is 4.87. The van der Waals surface area contributed by atoms with Gasteiger partial charge in [-0.2, -0.15) is 0 Å². The van der Waals surface area contributed by atoms with E-state index in [2.05, 4.69) is 0 Å². The van der Waals surface area contributed by atoms with E-state index in [9.17, 15) is 24.5 Å². The predicted octanol–water partition coefficient (Wildman–Crippen LogP) is 2.77. The van der Waals surface area contributed by atoms with Gasteiger partial charge in [0.2, 0.25) is 11.7 Å². The molecular formula is C21H20N2O7. The summed E-state index contributed by atoms with van der Waals surface area (Å²) in [4.78, 5) is 48.9. The zero-order valence-corrected chi connectivity index (χ0v) is 16.4. The summed E-state index contributed by atoms with van der Waals surface area (Å²) in [6.45, 7) is 1.56. The molecule has 0 N–H and O–H groups in total. The van der Waals surface area contributed by atoms with Gasteiger partial charge in [0.05, 0.1) is 18.0 Å². The van der Waals surface area contributed by atoms with Crippen LogP contribution in [-0.4, -0.2) is 42.3 Å². The molecule has 1 amide bonds. The third-order valence-electron chi connectivity index (χ3n) is 4.87. The van der Waals surface area contributed by atoms with Gasteiger partial charge in [0.15, 0.2) is 6.10 Å². The molecule has 9 heteroatoms. The standard InChI is InChI=1S/C21H20N2O7/c1-13(20(25)14-3-9-18(29-2)10-4-14)30-21(26)15-11-19(24)22(12-15)16-5-7-17(8-6-16)23(27)28/h3-10,13,15H,11-12H2,1-2H3/t13-,15-/m1/s1. The topological polar surface area (TPSA) is 116 Å². The van der Waals surface area contributed by atoms with E-state index in [1.807, 2.05) is 0 Å². The van der Waals surface area contributed by atoms with Crippen molar-refractivity contribution in [1.29, 1.82) is 0 Å². The van der Waals surface area contributed by atoms with Crippen LogP contribution in [0.25, 0.3) is 0 Å². The fourth-order valence-electron chi connectivity index (χ4n) is 3.18. The van der Waals surface area contributed by atoms with Crippen LogP contribution in [0.5, 0.6) is 5.75 Å². The predicted molar refractivity (Wildman–Crippen MR) is 106 cm³/mol. The summed E-state index contributed by atoms with van der Waals surface area (Å²) < 4.78 is 10.4. The van der Waals surface area contributed by atoms with Gasteiger partial charge in [0.1, 0.15) is 5.75 Å². The molecule has 2 aromatic carbocycles. The summed E-state index contributed by atoms with van der Waals surface area (Å²) in [7, 11) is 1.52. The molecule has 30 heavy (non-hydrogen) atoms. The first kappa shape index (κ1) is 21.0. The smallest absolute Gasteiger partial charge is 0.312 e. The molecule has 2 aromatic rings. The number of carbonyl (C=O) groups excluding carboxylic acids is 3. The maximum Gasteiger partial charge on any atom is 0.312 e. The van der Waals surface area contributed by atoms with E-state index in [0.29, 0.717) is 17.0 Å². The van der Waals surface area contributed by atoms with Gasteiger partial charge in [-0.1, -0.05) is 0 Å². The Kier molecular flexibility index (Phi) is 6.10. The van der Waals surface area contributed by atoms with Gasteiger partial charge >= 0.3 is 5.97 Å². The number of esters is 1. The van der Waals surface area contributed by atoms with Crippen LogP contribution < -0.4 is 9.64 Å². The van der Waals surface area contributed by atoms with Crippen LogP contribution in [0.2, 0.25) is 0 Å². The van der Waals surface area contributed by atoms with Gasteiger partial charge < -0.3 is 14.4 Å². The molecule has 0 aromatic heterocycles. The fraction of sp³-hybridized carbons (Fsp3) is 0.286. The highest BCUT2D eigenvalue weighted by Crippen LogP contribution is 2.28. The molecule has 156 valence electrons. The highest BCUT2D eigenvalue weighted by molar-refractivity contribution is 6.02. The van der Waals surface area contributed by atoms with E-state index in [-0.39, 0.29) is 30.3 Å². The lowest BCUT2D eigenvalue weighted by atomic mass is 10.1. The number of ether oxygens (including phenoxy) is 2. The molecule has 1 aliphatic heterocycles. The van der Waals surface area contributed by atoms with Crippen molar-refractivity contribution in [2.24, 2.45) is 5.92 Å². The Hall–Kier alpha value is -3.75. The minimum absolute atomic E-state index is 0.0563. The van der Waals surface area contributed by atoms with Gasteiger partial charge in [0.25, 0.3) is 5.69 Å². The number of ketones is 1. The van der Waals surface area contributed by atoms with Crippen LogP contribution in [0, 0.1) is 16.0 Å². The number of methoxy groups -OCH3 is 1. The van der Waals surface area contributed by atoms with E-state index in [4.69, 9.17) is 9.47 Å². The van der Waals surface area contributed by atoms with Crippen LogP contribution in [0.1, 0.15) is 23.7 Å². The summed E-state index contributed by atoms with van der Waals surface area (Å²) in [6, 6.07) is 12.0. The summed E-state index contributed by atoms with van der Waals surface area (Å²) in [6.07, 6.45) is -1.06. The monoisotopic (exact) mass is 412 g/mol. The van der Waals surface area contributed by atoms with Gasteiger partial charge in [-0.3, -0.25) is 24.5 Å². The van der Waals surface area contributed by atoms with E-state index in [0.717, 1.165) is 0 Å². The Morgan fingerprint density at radius 2 is 1.77 bits per heavy atom. The Morgan fingerprint density at radius 3 is 2.33 bits per heavy atom. The molecule has 2 atom stereocenters. The second-order valence-corrected chi connectivity index (χ2v) is 6.85. The lowest BCUT2D eigenvalue weighted by Crippen LogP contribution is -2.30. The largest absolute Gasteiger partial charge is 0.497 e. The van der Waals surface area contributed by atoms with Crippen LogP contribution in [0.4, 0.5) is 11.4 Å². The number of nitrogens with zero attached hydrogens (tertiary/aromatic N) is 2. The molecule has 1 fully saturated rings. The van der Waals surface area contributed by atoms with Crippen molar-refractivity contribution in [3.63, 3.8) is 0 Å². The average molecular weight is 412 g/mol. The average Bonchev–Trinajstić information content (AvgIpc) is 3.15. The van der Waals surface area contributed by atoms with Crippen molar-refractivity contribution < 1.29 is 28.8 Å². The molecule has 0 radical (unpaired) electrons. The highest BCUT2D eigenvalue weighted by Gasteiger charge is 2.37. The number of hydrogen-bond donors (Lipinski definition) is 0. The van der Waals surface area contributed by atoms with Gasteiger partial charge in [-0.05, 0) is 43.3 Å². The first-order valence-electron chi connectivity index (χ1n) is 9.23. The second kappa shape index (κ2) is 8.73. The molecule has 1 aliphatic rings. The number of benzene rings is 2. The quantitative estimate of drug-likeness (QED) is 0.297. The Labute approximate surface area is 172 Å². The summed E-state index contributed by atoms with van der Waals surface area (Å²) >= 11 is 0. The molecule has 0 saturated carbocycles. The molecule has 0 spiro atoms. The summed E-state index contributed by atoms with van der Waals surface area (Å²) in [5.41, 5.74) is 0.751. The van der Waals surface area contributed by atoms with Crippen molar-refractivity contribution >= 4 is 29.0 Å². The molecule has 0 unspecified atom stereocenters. The second-order valence-electron chi connectivity index (χ2n) is 6.85. The first-order valence-corrected chi connectivity index (χ1v) is 9.23. The van der Waals surface area contributed by atoms with E-state index < -0.39 is 22.9 Å². The lowest BCUT2D eigenvalue weighted by molar-refractivity contribution is -0.384. The van der Waals surface area contributed by atoms with Crippen LogP contribution in [0.15, 0.2) is 48.5 Å². The molecule has 0 bridgehead atoms. The maximum absolute atomic E-state index is 12.5. The van der Waals surface area contributed by atoms with Crippen LogP contribution in [0.3, 0.4) is 0 Å². The number of Topliss-reactive ketones (excluding diaryl/α,β-unsaturated/α-hetero) is 1. The number of nitro benzene ring substituents is 1. The molecule has 9 nitrogen and oxygen atoms in total. The van der Waals surface area contributed by atoms with E-state index in [1.165, 1.54) is 43.2 Å². The van der Waals surface area contributed by atoms with Crippen molar-refractivity contribution in [1.82, 2.24) is 0 Å². The Balaban J connectivity index is 1.62. The number of nitro groups is 1. The number of rotatable bonds is 7. The van der Waals surface area contributed by atoms with Crippen molar-refractivity contribution in [2.75, 3.05) is 18.6 Å². The molecule has 1 heterocycles. The highest BCUT2D eigenvalue weighted by atomic mass is 16.6. The third kappa shape index (κ3) is 4.45. The first-order chi connectivity index (χ1) is 14.3. The Bertz CT molecular complexity index is 970. The summed E-state index contributed by atoms with van der Waals surface area (Å²) in [5, 5.41) is 10.8. The number of carbonyl (C=O) groups is 3. The molecule has 3 rings (SSSR count). The van der Waals surface area contributed by atoms with Gasteiger partial charge in [-0.15, -0.1) is 0 Å². The normalized spacial score (nSPS) is 16.8. The minimum atomic E-state index is -1.01. The minimum Gasteiger partial charge on any atom is -0.497 e. The molecule has 1 saturated heterocycles. The van der Waals surface area contributed by atoms with Crippen molar-refractivity contribution in [3.8, 4) is 5.75 Å². The van der Waals surface area contributed by atoms with E-state index in [1.54, 1.807) is 24.3 Å². The number of anilines is 1. The molecular weight excluding hydrogens is 392 g/mol. The fourth-order valence-corrected chi connectivity index (χ4v) is 3.18. The number of non-ortho nitro benzene ring substituents is 1. The number of amides is 1. The van der Waals surface area contributed by atoms with E-state index >= 15 is 0 Å². The van der Waals surface area contributed by atoms with Crippen molar-refractivity contribution in [3.05, 3.63) is 64.2 Å². The lowest BCUT2D eigenvalue weighted by Gasteiger charge is -2.17. The molecule has 0 aliphatic carbocycles. The van der Waals surface area contributed by atoms with Crippen LogP contribution >= 0.6 is 0 Å². The summed E-state index contributed by atoms with van der Waals surface area (Å²) in [5.74, 6) is -1.41. The Morgan fingerprint density at radius 1 is 1.13 bits per heavy atom. The van der Waals surface area contributed by atoms with Gasteiger partial charge in [0, 0.05) is 36.3 Å². The zero-order chi connectivity index (χ0) is 21.8. The van der Waals surface area contributed by atoms with Crippen molar-refractivity contribution in [2.45, 2.75) is 19.4 Å². The number of hydrogen-bond acceptors (Lipinski definition) is 7. The van der Waals surface area contributed by atoms with Gasteiger partial charge in [-0.25, -0.2) is 0 Å². The maximum atomic E-state index is 12.5. The zero-order valence-electron chi connectivity index (χ0n) is 16.4.